The molecule has 0 unspecified atom stereocenters. The van der Waals surface area contributed by atoms with Gasteiger partial charge in [0.2, 0.25) is 0 Å². The number of aromatic nitrogens is 1. The summed E-state index contributed by atoms with van der Waals surface area (Å²) in [5.74, 6) is -0.307. The van der Waals surface area contributed by atoms with Gasteiger partial charge in [0, 0.05) is 6.54 Å². The molecular weight excluding hydrogens is 261 g/mol. The van der Waals surface area contributed by atoms with E-state index < -0.39 is 6.03 Å². The lowest BCUT2D eigenvalue weighted by molar-refractivity contribution is 0.251. The minimum atomic E-state index is -0.434. The Hall–Kier alpha value is -2.08. The summed E-state index contributed by atoms with van der Waals surface area (Å²) >= 11 is 0. The van der Waals surface area contributed by atoms with Gasteiger partial charge in [-0.05, 0) is 17.7 Å². The van der Waals surface area contributed by atoms with Gasteiger partial charge in [-0.3, -0.25) is 5.32 Å². The van der Waals surface area contributed by atoms with Crippen LogP contribution in [0.5, 0.6) is 0 Å². The lowest BCUT2D eigenvalue weighted by Gasteiger charge is -2.04. The monoisotopic (exact) mass is 271 g/mol. The first-order chi connectivity index (χ1) is 8.24. The maximum absolute atomic E-state index is 12.6. The second-order valence-electron chi connectivity index (χ2n) is 3.27. The minimum absolute atomic E-state index is 0. The highest BCUT2D eigenvalue weighted by atomic mass is 35.5. The van der Waals surface area contributed by atoms with Crippen molar-refractivity contribution in [2.75, 3.05) is 5.32 Å². The molecule has 1 aromatic heterocycles. The molecule has 0 saturated carbocycles. The normalized spacial score (nSPS) is 9.39. The largest absolute Gasteiger partial charge is 0.432 e. The van der Waals surface area contributed by atoms with Gasteiger partial charge in [-0.2, -0.15) is 0 Å². The maximum atomic E-state index is 12.6. The lowest BCUT2D eigenvalue weighted by atomic mass is 10.2. The number of hydrogen-bond donors (Lipinski definition) is 2. The molecule has 2 N–H and O–H groups in total. The zero-order valence-electron chi connectivity index (χ0n) is 9.22. The van der Waals surface area contributed by atoms with Crippen LogP contribution in [0.1, 0.15) is 5.56 Å². The van der Waals surface area contributed by atoms with Crippen molar-refractivity contribution < 1.29 is 13.6 Å². The van der Waals surface area contributed by atoms with Crippen LogP contribution in [0.3, 0.4) is 0 Å². The Morgan fingerprint density at radius 1 is 1.33 bits per heavy atom. The standard InChI is InChI=1S/C11H10FN3O2.ClH/c12-9-3-1-8(2-4-9)7-14-10(16)15-11-13-5-6-17-11;/h1-6H,7H2,(H2,13,14,15,16);1H. The van der Waals surface area contributed by atoms with Crippen LogP contribution < -0.4 is 10.6 Å². The number of carbonyl (C=O) groups excluding carboxylic acids is 1. The lowest BCUT2D eigenvalue weighted by Crippen LogP contribution is -2.28. The zero-order chi connectivity index (χ0) is 12.1. The molecule has 18 heavy (non-hydrogen) atoms. The van der Waals surface area contributed by atoms with E-state index in [1.807, 2.05) is 0 Å². The van der Waals surface area contributed by atoms with Gasteiger partial charge in [-0.25, -0.2) is 14.2 Å². The van der Waals surface area contributed by atoms with E-state index in [0.717, 1.165) is 5.56 Å². The number of rotatable bonds is 3. The van der Waals surface area contributed by atoms with Crippen LogP contribution in [0.25, 0.3) is 0 Å². The Kier molecular flexibility index (Phi) is 5.13. The Labute approximate surface area is 109 Å². The summed E-state index contributed by atoms with van der Waals surface area (Å²) in [4.78, 5) is 15.1. The van der Waals surface area contributed by atoms with Crippen molar-refractivity contribution >= 4 is 24.5 Å². The van der Waals surface area contributed by atoms with Crippen molar-refractivity contribution in [3.63, 3.8) is 0 Å². The van der Waals surface area contributed by atoms with Gasteiger partial charge in [-0.15, -0.1) is 12.4 Å². The molecule has 1 aromatic carbocycles. The molecular formula is C11H11ClFN3O2. The number of amides is 2. The first kappa shape index (κ1) is 14.0. The fraction of sp³-hybridized carbons (Fsp3) is 0.0909. The number of carbonyl (C=O) groups is 1. The fourth-order valence-corrected chi connectivity index (χ4v) is 1.21. The minimum Gasteiger partial charge on any atom is -0.432 e. The SMILES string of the molecule is Cl.O=C(NCc1ccc(F)cc1)Nc1ncco1. The second-order valence-corrected chi connectivity index (χ2v) is 3.27. The molecule has 2 amide bonds. The second kappa shape index (κ2) is 6.61. The molecule has 0 aliphatic carbocycles. The van der Waals surface area contributed by atoms with Crippen LogP contribution in [0, 0.1) is 5.82 Å². The van der Waals surface area contributed by atoms with E-state index in [4.69, 9.17) is 4.42 Å². The van der Waals surface area contributed by atoms with Crippen LogP contribution in [0.4, 0.5) is 15.2 Å². The highest BCUT2D eigenvalue weighted by Crippen LogP contribution is 2.03. The summed E-state index contributed by atoms with van der Waals surface area (Å²) in [6.45, 7) is 0.298. The Morgan fingerprint density at radius 2 is 2.06 bits per heavy atom. The highest BCUT2D eigenvalue weighted by Gasteiger charge is 2.04. The summed E-state index contributed by atoms with van der Waals surface area (Å²) in [7, 11) is 0. The number of hydrogen-bond acceptors (Lipinski definition) is 3. The van der Waals surface area contributed by atoms with Crippen molar-refractivity contribution in [1.82, 2.24) is 10.3 Å². The molecule has 0 atom stereocenters. The molecule has 96 valence electrons. The predicted octanol–water partition coefficient (Wildman–Crippen LogP) is 2.56. The van der Waals surface area contributed by atoms with Gasteiger partial charge < -0.3 is 9.73 Å². The van der Waals surface area contributed by atoms with Crippen molar-refractivity contribution in [3.05, 3.63) is 48.1 Å². The number of halogens is 2. The summed E-state index contributed by atoms with van der Waals surface area (Å²) in [5.41, 5.74) is 0.800. The Morgan fingerprint density at radius 3 is 2.67 bits per heavy atom. The van der Waals surface area contributed by atoms with Crippen molar-refractivity contribution in [2.45, 2.75) is 6.54 Å². The molecule has 0 spiro atoms. The van der Waals surface area contributed by atoms with E-state index in [-0.39, 0.29) is 24.2 Å². The number of anilines is 1. The molecule has 0 radical (unpaired) electrons. The third kappa shape index (κ3) is 4.06. The van der Waals surface area contributed by atoms with E-state index >= 15 is 0 Å². The molecule has 0 aliphatic rings. The molecule has 7 heteroatoms. The van der Waals surface area contributed by atoms with Gasteiger partial charge >= 0.3 is 12.0 Å². The Bertz CT molecular complexity index is 487. The average Bonchev–Trinajstić information content (AvgIpc) is 2.81. The van der Waals surface area contributed by atoms with Crippen molar-refractivity contribution in [1.29, 1.82) is 0 Å². The van der Waals surface area contributed by atoms with Gasteiger partial charge in [0.05, 0.1) is 6.20 Å². The quantitative estimate of drug-likeness (QED) is 0.901. The first-order valence-corrected chi connectivity index (χ1v) is 4.93. The third-order valence-electron chi connectivity index (χ3n) is 2.02. The Balaban J connectivity index is 0.00000162. The average molecular weight is 272 g/mol. The van der Waals surface area contributed by atoms with E-state index in [9.17, 15) is 9.18 Å². The molecule has 2 rings (SSSR count). The van der Waals surface area contributed by atoms with Gasteiger partial charge in [0.25, 0.3) is 0 Å². The van der Waals surface area contributed by atoms with Crippen LogP contribution in [-0.4, -0.2) is 11.0 Å². The van der Waals surface area contributed by atoms with Crippen LogP contribution in [0.2, 0.25) is 0 Å². The van der Waals surface area contributed by atoms with Gasteiger partial charge in [0.15, 0.2) is 0 Å². The summed E-state index contributed by atoms with van der Waals surface area (Å²) in [6.07, 6.45) is 2.78. The molecule has 2 aromatic rings. The van der Waals surface area contributed by atoms with Crippen LogP contribution in [-0.2, 0) is 6.54 Å². The molecule has 0 saturated heterocycles. The van der Waals surface area contributed by atoms with Gasteiger partial charge in [-0.1, -0.05) is 12.1 Å². The third-order valence-corrected chi connectivity index (χ3v) is 2.02. The summed E-state index contributed by atoms with van der Waals surface area (Å²) < 4.78 is 17.5. The van der Waals surface area contributed by atoms with E-state index in [1.54, 1.807) is 12.1 Å². The molecule has 0 fully saturated rings. The molecule has 5 nitrogen and oxygen atoms in total. The fourth-order valence-electron chi connectivity index (χ4n) is 1.21. The molecule has 0 aliphatic heterocycles. The number of nitrogens with zero attached hydrogens (tertiary/aromatic N) is 1. The number of nitrogens with one attached hydrogen (secondary N) is 2. The number of benzene rings is 1. The van der Waals surface area contributed by atoms with E-state index in [1.165, 1.54) is 24.6 Å². The van der Waals surface area contributed by atoms with Crippen molar-refractivity contribution in [3.8, 4) is 0 Å². The predicted molar refractivity (Wildman–Crippen MR) is 66.0 cm³/mol. The topological polar surface area (TPSA) is 67.2 Å². The smallest absolute Gasteiger partial charge is 0.323 e. The number of urea groups is 1. The molecule has 0 bridgehead atoms. The highest BCUT2D eigenvalue weighted by molar-refractivity contribution is 5.86. The first-order valence-electron chi connectivity index (χ1n) is 4.93. The van der Waals surface area contributed by atoms with E-state index in [2.05, 4.69) is 15.6 Å². The summed E-state index contributed by atoms with van der Waals surface area (Å²) in [5, 5.41) is 4.99. The maximum Gasteiger partial charge on any atom is 0.323 e. The zero-order valence-corrected chi connectivity index (χ0v) is 10.0. The van der Waals surface area contributed by atoms with Gasteiger partial charge in [0.1, 0.15) is 12.1 Å². The number of oxazole rings is 1. The van der Waals surface area contributed by atoms with Crippen molar-refractivity contribution in [2.24, 2.45) is 0 Å². The summed E-state index contributed by atoms with van der Waals surface area (Å²) in [6, 6.07) is 5.56. The van der Waals surface area contributed by atoms with Crippen LogP contribution >= 0.6 is 12.4 Å². The van der Waals surface area contributed by atoms with E-state index in [0.29, 0.717) is 6.54 Å². The molecule has 1 heterocycles. The van der Waals surface area contributed by atoms with Crippen LogP contribution in [0.15, 0.2) is 41.1 Å².